The fraction of sp³-hybridized carbons (Fsp3) is 0.455. The molecule has 4 nitrogen and oxygen atoms in total. The molecule has 1 unspecified atom stereocenters. The zero-order chi connectivity index (χ0) is 12.6. The van der Waals surface area contributed by atoms with Gasteiger partial charge in [-0.1, -0.05) is 0 Å². The van der Waals surface area contributed by atoms with Gasteiger partial charge in [0, 0.05) is 12.6 Å². The number of nitrogens with zero attached hydrogens (tertiary/aromatic N) is 1. The van der Waals surface area contributed by atoms with Gasteiger partial charge in [0.1, 0.15) is 10.7 Å². The summed E-state index contributed by atoms with van der Waals surface area (Å²) in [5.74, 6) is -0.593. The summed E-state index contributed by atoms with van der Waals surface area (Å²) in [6.07, 6.45) is 1.66. The lowest BCUT2D eigenvalue weighted by atomic mass is 10.3. The third-order valence-electron chi connectivity index (χ3n) is 3.05. The summed E-state index contributed by atoms with van der Waals surface area (Å²) in [4.78, 5) is -0.133. The molecular weight excluding hydrogens is 243 g/mol. The quantitative estimate of drug-likeness (QED) is 0.819. The van der Waals surface area contributed by atoms with E-state index in [4.69, 9.17) is 5.73 Å². The van der Waals surface area contributed by atoms with Gasteiger partial charge in [-0.2, -0.15) is 4.31 Å². The normalized spacial score (nSPS) is 21.9. The Morgan fingerprint density at radius 1 is 1.47 bits per heavy atom. The van der Waals surface area contributed by atoms with Crippen molar-refractivity contribution in [2.45, 2.75) is 30.7 Å². The van der Waals surface area contributed by atoms with E-state index < -0.39 is 15.8 Å². The molecular formula is C11H15FN2O2S. The minimum Gasteiger partial charge on any atom is -0.398 e. The standard InChI is InChI=1S/C11H15FN2O2S/c1-8-3-2-6-14(8)17(15,16)11-7-9(12)4-5-10(11)13/h4-5,7-8H,2-3,6,13H2,1H3. The predicted molar refractivity (Wildman–Crippen MR) is 63.4 cm³/mol. The Balaban J connectivity index is 2.48. The van der Waals surface area contributed by atoms with Crippen LogP contribution in [0.15, 0.2) is 23.1 Å². The molecule has 0 radical (unpaired) electrons. The second kappa shape index (κ2) is 4.27. The highest BCUT2D eigenvalue weighted by Crippen LogP contribution is 2.29. The van der Waals surface area contributed by atoms with Crippen molar-refractivity contribution in [2.24, 2.45) is 0 Å². The summed E-state index contributed by atoms with van der Waals surface area (Å²) in [7, 11) is -3.67. The van der Waals surface area contributed by atoms with Gasteiger partial charge in [-0.05, 0) is 38.0 Å². The number of benzene rings is 1. The van der Waals surface area contributed by atoms with Crippen LogP contribution in [0, 0.1) is 5.82 Å². The van der Waals surface area contributed by atoms with E-state index in [9.17, 15) is 12.8 Å². The van der Waals surface area contributed by atoms with Crippen molar-refractivity contribution in [3.05, 3.63) is 24.0 Å². The van der Waals surface area contributed by atoms with Crippen LogP contribution in [0.4, 0.5) is 10.1 Å². The van der Waals surface area contributed by atoms with Gasteiger partial charge in [-0.15, -0.1) is 0 Å². The van der Waals surface area contributed by atoms with Crippen molar-refractivity contribution in [1.29, 1.82) is 0 Å². The smallest absolute Gasteiger partial charge is 0.245 e. The van der Waals surface area contributed by atoms with Crippen molar-refractivity contribution in [2.75, 3.05) is 12.3 Å². The molecule has 17 heavy (non-hydrogen) atoms. The van der Waals surface area contributed by atoms with Crippen molar-refractivity contribution in [3.63, 3.8) is 0 Å². The highest BCUT2D eigenvalue weighted by Gasteiger charge is 2.33. The third kappa shape index (κ3) is 2.14. The average molecular weight is 258 g/mol. The Labute approximate surface area is 100 Å². The maximum absolute atomic E-state index is 13.1. The van der Waals surface area contributed by atoms with Gasteiger partial charge in [-0.3, -0.25) is 0 Å². The number of anilines is 1. The van der Waals surface area contributed by atoms with Crippen molar-refractivity contribution >= 4 is 15.7 Å². The minimum absolute atomic E-state index is 0.0531. The van der Waals surface area contributed by atoms with Gasteiger partial charge >= 0.3 is 0 Å². The SMILES string of the molecule is CC1CCCN1S(=O)(=O)c1cc(F)ccc1N. The molecule has 1 aromatic carbocycles. The first kappa shape index (κ1) is 12.3. The molecule has 1 saturated heterocycles. The highest BCUT2D eigenvalue weighted by molar-refractivity contribution is 7.89. The minimum atomic E-state index is -3.67. The Hall–Kier alpha value is -1.14. The zero-order valence-electron chi connectivity index (χ0n) is 9.56. The van der Waals surface area contributed by atoms with Crippen LogP contribution >= 0.6 is 0 Å². The first-order valence-electron chi connectivity index (χ1n) is 5.50. The summed E-state index contributed by atoms with van der Waals surface area (Å²) in [5, 5.41) is 0. The first-order valence-corrected chi connectivity index (χ1v) is 6.94. The molecule has 0 aromatic heterocycles. The molecule has 0 amide bonds. The summed E-state index contributed by atoms with van der Waals surface area (Å²) in [5.41, 5.74) is 5.70. The monoisotopic (exact) mass is 258 g/mol. The molecule has 0 saturated carbocycles. The molecule has 1 aromatic rings. The summed E-state index contributed by atoms with van der Waals surface area (Å²) >= 11 is 0. The van der Waals surface area contributed by atoms with E-state index in [1.165, 1.54) is 10.4 Å². The van der Waals surface area contributed by atoms with Crippen LogP contribution in [0.2, 0.25) is 0 Å². The van der Waals surface area contributed by atoms with Gasteiger partial charge in [0.05, 0.1) is 5.69 Å². The van der Waals surface area contributed by atoms with Crippen molar-refractivity contribution in [3.8, 4) is 0 Å². The lowest BCUT2D eigenvalue weighted by molar-refractivity contribution is 0.408. The Kier molecular flexibility index (Phi) is 3.09. The molecule has 0 bridgehead atoms. The van der Waals surface area contributed by atoms with Crippen molar-refractivity contribution in [1.82, 2.24) is 4.31 Å². The average Bonchev–Trinajstić information content (AvgIpc) is 2.68. The first-order chi connectivity index (χ1) is 7.93. The summed E-state index contributed by atoms with van der Waals surface area (Å²) < 4.78 is 39.1. The number of sulfonamides is 1. The van der Waals surface area contributed by atoms with Crippen LogP contribution in [-0.2, 0) is 10.0 Å². The second-order valence-corrected chi connectivity index (χ2v) is 6.15. The van der Waals surface area contributed by atoms with Crippen LogP contribution < -0.4 is 5.73 Å². The van der Waals surface area contributed by atoms with Gasteiger partial charge < -0.3 is 5.73 Å². The molecule has 1 fully saturated rings. The molecule has 6 heteroatoms. The molecule has 1 heterocycles. The number of hydrogen-bond donors (Lipinski definition) is 1. The van der Waals surface area contributed by atoms with E-state index in [-0.39, 0.29) is 16.6 Å². The van der Waals surface area contributed by atoms with Crippen LogP contribution in [-0.4, -0.2) is 25.3 Å². The highest BCUT2D eigenvalue weighted by atomic mass is 32.2. The molecule has 2 rings (SSSR count). The van der Waals surface area contributed by atoms with Crippen LogP contribution in [0.25, 0.3) is 0 Å². The number of nitrogen functional groups attached to an aromatic ring is 1. The molecule has 94 valence electrons. The Morgan fingerprint density at radius 3 is 2.76 bits per heavy atom. The van der Waals surface area contributed by atoms with E-state index >= 15 is 0 Å². The largest absolute Gasteiger partial charge is 0.398 e. The van der Waals surface area contributed by atoms with Crippen LogP contribution in [0.3, 0.4) is 0 Å². The number of rotatable bonds is 2. The predicted octanol–water partition coefficient (Wildman–Crippen LogP) is 1.58. The van der Waals surface area contributed by atoms with E-state index in [1.807, 2.05) is 6.92 Å². The molecule has 1 aliphatic heterocycles. The lowest BCUT2D eigenvalue weighted by Gasteiger charge is -2.21. The number of nitrogens with two attached hydrogens (primary N) is 1. The Bertz CT molecular complexity index is 530. The molecule has 0 aliphatic carbocycles. The van der Waals surface area contributed by atoms with Crippen LogP contribution in [0.1, 0.15) is 19.8 Å². The number of hydrogen-bond acceptors (Lipinski definition) is 3. The molecule has 1 aliphatic rings. The fourth-order valence-electron chi connectivity index (χ4n) is 2.12. The Morgan fingerprint density at radius 2 is 2.18 bits per heavy atom. The maximum Gasteiger partial charge on any atom is 0.245 e. The topological polar surface area (TPSA) is 63.4 Å². The van der Waals surface area contributed by atoms with Gasteiger partial charge in [0.15, 0.2) is 0 Å². The van der Waals surface area contributed by atoms with E-state index in [0.29, 0.717) is 6.54 Å². The summed E-state index contributed by atoms with van der Waals surface area (Å²) in [6.45, 7) is 2.32. The summed E-state index contributed by atoms with van der Waals surface area (Å²) in [6, 6.07) is 3.36. The van der Waals surface area contributed by atoms with Crippen LogP contribution in [0.5, 0.6) is 0 Å². The fourth-order valence-corrected chi connectivity index (χ4v) is 3.95. The van der Waals surface area contributed by atoms with E-state index in [1.54, 1.807) is 0 Å². The maximum atomic E-state index is 13.1. The van der Waals surface area contributed by atoms with Gasteiger partial charge in [0.25, 0.3) is 0 Å². The molecule has 1 atom stereocenters. The number of halogens is 1. The van der Waals surface area contributed by atoms with E-state index in [2.05, 4.69) is 0 Å². The van der Waals surface area contributed by atoms with Gasteiger partial charge in [0.2, 0.25) is 10.0 Å². The lowest BCUT2D eigenvalue weighted by Crippen LogP contribution is -2.34. The van der Waals surface area contributed by atoms with Gasteiger partial charge in [-0.25, -0.2) is 12.8 Å². The second-order valence-electron chi connectivity index (χ2n) is 4.29. The zero-order valence-corrected chi connectivity index (χ0v) is 10.4. The third-order valence-corrected chi connectivity index (χ3v) is 5.12. The van der Waals surface area contributed by atoms with Crippen molar-refractivity contribution < 1.29 is 12.8 Å². The molecule has 2 N–H and O–H groups in total. The molecule has 0 spiro atoms. The van der Waals surface area contributed by atoms with E-state index in [0.717, 1.165) is 25.0 Å².